The minimum absolute atomic E-state index is 0.242. The molecular weight excluding hydrogens is 239 g/mol. The zero-order valence-electron chi connectivity index (χ0n) is 7.93. The minimum Gasteiger partial charge on any atom is -0.299 e. The summed E-state index contributed by atoms with van der Waals surface area (Å²) in [6, 6.07) is 1.88. The van der Waals surface area contributed by atoms with Crippen LogP contribution in [0.5, 0.6) is 0 Å². The van der Waals surface area contributed by atoms with E-state index in [0.717, 1.165) is 9.90 Å². The Morgan fingerprint density at radius 2 is 2.14 bits per heavy atom. The molecule has 1 unspecified atom stereocenters. The third-order valence-corrected chi connectivity index (χ3v) is 4.56. The molecule has 0 amide bonds. The summed E-state index contributed by atoms with van der Waals surface area (Å²) in [5, 5.41) is 0. The van der Waals surface area contributed by atoms with Gasteiger partial charge in [-0.25, -0.2) is 0 Å². The average Bonchev–Trinajstić information content (AvgIpc) is 2.40. The number of thiophene rings is 1. The molecule has 1 atom stereocenters. The molecule has 0 N–H and O–H groups in total. The normalized spacial score (nSPS) is 24.9. The molecule has 1 aromatic rings. The molecule has 1 heterocycles. The average molecular weight is 249 g/mol. The molecule has 1 nitrogen and oxygen atoms in total. The summed E-state index contributed by atoms with van der Waals surface area (Å²) >= 11 is 13.3. The standard InChI is InChI=1S/C10H10Cl2OS/c1-10(2)6(4-7(10)13)5-3-8(11)14-9(5)12/h3,6H,4H2,1-2H3. The van der Waals surface area contributed by atoms with E-state index in [0.29, 0.717) is 16.5 Å². The summed E-state index contributed by atoms with van der Waals surface area (Å²) in [6.45, 7) is 3.93. The largest absolute Gasteiger partial charge is 0.299 e. The molecule has 1 aliphatic rings. The predicted molar refractivity (Wildman–Crippen MR) is 60.5 cm³/mol. The van der Waals surface area contributed by atoms with Crippen molar-refractivity contribution in [2.75, 3.05) is 0 Å². The van der Waals surface area contributed by atoms with E-state index in [1.54, 1.807) is 0 Å². The van der Waals surface area contributed by atoms with Gasteiger partial charge in [0.25, 0.3) is 0 Å². The van der Waals surface area contributed by atoms with Crippen LogP contribution in [0.3, 0.4) is 0 Å². The Bertz CT molecular complexity index is 395. The maximum atomic E-state index is 11.4. The van der Waals surface area contributed by atoms with Gasteiger partial charge in [-0.15, -0.1) is 11.3 Å². The lowest BCUT2D eigenvalue weighted by atomic mass is 9.59. The Kier molecular flexibility index (Phi) is 2.41. The van der Waals surface area contributed by atoms with E-state index in [4.69, 9.17) is 23.2 Å². The van der Waals surface area contributed by atoms with Crippen LogP contribution in [0, 0.1) is 5.41 Å². The molecule has 1 saturated carbocycles. The number of carbonyl (C=O) groups excluding carboxylic acids is 1. The van der Waals surface area contributed by atoms with Gasteiger partial charge in [-0.2, -0.15) is 0 Å². The molecule has 1 fully saturated rings. The van der Waals surface area contributed by atoms with Gasteiger partial charge in [0.2, 0.25) is 0 Å². The number of hydrogen-bond acceptors (Lipinski definition) is 2. The number of rotatable bonds is 1. The van der Waals surface area contributed by atoms with Crippen molar-refractivity contribution in [3.8, 4) is 0 Å². The molecule has 0 aromatic carbocycles. The van der Waals surface area contributed by atoms with E-state index < -0.39 is 0 Å². The third kappa shape index (κ3) is 1.40. The van der Waals surface area contributed by atoms with Gasteiger partial charge in [-0.05, 0) is 11.6 Å². The monoisotopic (exact) mass is 248 g/mol. The topological polar surface area (TPSA) is 17.1 Å². The van der Waals surface area contributed by atoms with Crippen LogP contribution < -0.4 is 0 Å². The Morgan fingerprint density at radius 3 is 2.50 bits per heavy atom. The van der Waals surface area contributed by atoms with E-state index in [1.807, 2.05) is 19.9 Å². The van der Waals surface area contributed by atoms with Gasteiger partial charge in [0, 0.05) is 17.8 Å². The summed E-state index contributed by atoms with van der Waals surface area (Å²) in [7, 11) is 0. The molecule has 2 rings (SSSR count). The first kappa shape index (κ1) is 10.5. The van der Waals surface area contributed by atoms with Crippen molar-refractivity contribution in [1.82, 2.24) is 0 Å². The van der Waals surface area contributed by atoms with Gasteiger partial charge < -0.3 is 0 Å². The maximum absolute atomic E-state index is 11.4. The molecule has 0 bridgehead atoms. The second-order valence-electron chi connectivity index (χ2n) is 4.18. The van der Waals surface area contributed by atoms with Crippen LogP contribution in [-0.4, -0.2) is 5.78 Å². The quantitative estimate of drug-likeness (QED) is 0.731. The van der Waals surface area contributed by atoms with Crippen molar-refractivity contribution in [3.63, 3.8) is 0 Å². The lowest BCUT2D eigenvalue weighted by Gasteiger charge is -2.42. The molecule has 14 heavy (non-hydrogen) atoms. The molecule has 0 aliphatic heterocycles. The van der Waals surface area contributed by atoms with Gasteiger partial charge in [0.1, 0.15) is 5.78 Å². The van der Waals surface area contributed by atoms with E-state index in [2.05, 4.69) is 0 Å². The number of ketones is 1. The fraction of sp³-hybridized carbons (Fsp3) is 0.500. The van der Waals surface area contributed by atoms with E-state index in [-0.39, 0.29) is 11.3 Å². The van der Waals surface area contributed by atoms with Crippen molar-refractivity contribution in [1.29, 1.82) is 0 Å². The lowest BCUT2D eigenvalue weighted by Crippen LogP contribution is -2.43. The van der Waals surface area contributed by atoms with E-state index >= 15 is 0 Å². The summed E-state index contributed by atoms with van der Waals surface area (Å²) in [5.74, 6) is 0.548. The van der Waals surface area contributed by atoms with Gasteiger partial charge in [-0.3, -0.25) is 4.79 Å². The maximum Gasteiger partial charge on any atom is 0.139 e. The summed E-state index contributed by atoms with van der Waals surface area (Å²) < 4.78 is 1.42. The number of halogens is 2. The Morgan fingerprint density at radius 1 is 1.50 bits per heavy atom. The first-order valence-corrected chi connectivity index (χ1v) is 5.98. The van der Waals surface area contributed by atoms with Crippen LogP contribution in [0.1, 0.15) is 31.7 Å². The highest BCUT2D eigenvalue weighted by molar-refractivity contribution is 7.20. The SMILES string of the molecule is CC1(C)C(=O)CC1c1cc(Cl)sc1Cl. The van der Waals surface area contributed by atoms with Crippen molar-refractivity contribution < 1.29 is 4.79 Å². The smallest absolute Gasteiger partial charge is 0.139 e. The molecule has 76 valence electrons. The molecule has 1 aromatic heterocycles. The molecule has 0 spiro atoms. The zero-order chi connectivity index (χ0) is 10.5. The van der Waals surface area contributed by atoms with Crippen molar-refractivity contribution in [2.45, 2.75) is 26.2 Å². The number of Topliss-reactive ketones (excluding diaryl/α,β-unsaturated/α-hetero) is 1. The Balaban J connectivity index is 2.34. The van der Waals surface area contributed by atoms with Gasteiger partial charge >= 0.3 is 0 Å². The van der Waals surface area contributed by atoms with Crippen molar-refractivity contribution in [2.24, 2.45) is 5.41 Å². The van der Waals surface area contributed by atoms with Gasteiger partial charge in [0.05, 0.1) is 8.67 Å². The molecule has 1 aliphatic carbocycles. The van der Waals surface area contributed by atoms with Crippen LogP contribution in [0.2, 0.25) is 8.67 Å². The minimum atomic E-state index is -0.270. The fourth-order valence-electron chi connectivity index (χ4n) is 1.86. The van der Waals surface area contributed by atoms with Crippen LogP contribution in [0.15, 0.2) is 6.07 Å². The van der Waals surface area contributed by atoms with Crippen molar-refractivity contribution >= 4 is 40.3 Å². The summed E-state index contributed by atoms with van der Waals surface area (Å²) in [4.78, 5) is 11.4. The molecule has 0 radical (unpaired) electrons. The number of carbonyl (C=O) groups is 1. The second kappa shape index (κ2) is 3.22. The Hall–Kier alpha value is -0.0500. The molecular formula is C10H10Cl2OS. The van der Waals surface area contributed by atoms with Gasteiger partial charge in [0.15, 0.2) is 0 Å². The van der Waals surface area contributed by atoms with Crippen molar-refractivity contribution in [3.05, 3.63) is 20.3 Å². The lowest BCUT2D eigenvalue weighted by molar-refractivity contribution is -0.137. The summed E-state index contributed by atoms with van der Waals surface area (Å²) in [6.07, 6.45) is 0.597. The fourth-order valence-corrected chi connectivity index (χ4v) is 3.44. The first-order valence-electron chi connectivity index (χ1n) is 4.41. The van der Waals surface area contributed by atoms with Crippen LogP contribution in [0.4, 0.5) is 0 Å². The highest BCUT2D eigenvalue weighted by atomic mass is 35.5. The first-order chi connectivity index (χ1) is 6.43. The van der Waals surface area contributed by atoms with E-state index in [1.165, 1.54) is 11.3 Å². The zero-order valence-corrected chi connectivity index (χ0v) is 10.3. The third-order valence-electron chi connectivity index (χ3n) is 3.04. The molecule has 4 heteroatoms. The highest BCUT2D eigenvalue weighted by Gasteiger charge is 2.48. The predicted octanol–water partition coefficient (Wildman–Crippen LogP) is 4.14. The van der Waals surface area contributed by atoms with Crippen LogP contribution in [0.25, 0.3) is 0 Å². The van der Waals surface area contributed by atoms with E-state index in [9.17, 15) is 4.79 Å². The number of hydrogen-bond donors (Lipinski definition) is 0. The van der Waals surface area contributed by atoms with Gasteiger partial charge in [-0.1, -0.05) is 37.0 Å². The van der Waals surface area contributed by atoms with Crippen LogP contribution >= 0.6 is 34.5 Å². The van der Waals surface area contributed by atoms with Crippen LogP contribution in [-0.2, 0) is 4.79 Å². The highest BCUT2D eigenvalue weighted by Crippen LogP contribution is 2.53. The Labute approximate surface area is 97.0 Å². The second-order valence-corrected chi connectivity index (χ2v) is 6.47. The summed E-state index contributed by atoms with van der Waals surface area (Å²) in [5.41, 5.74) is 0.764. The molecule has 0 saturated heterocycles.